The van der Waals surface area contributed by atoms with Gasteiger partial charge in [0.05, 0.1) is 16.3 Å². The fraction of sp³-hybridized carbons (Fsp3) is 0.111. The number of nitrogens with one attached hydrogen (secondary N) is 2. The lowest BCUT2D eigenvalue weighted by Gasteiger charge is -2.10. The molecular formula is C18H17N3O3S. The lowest BCUT2D eigenvalue weighted by Crippen LogP contribution is -2.17. The molecule has 0 spiro atoms. The lowest BCUT2D eigenvalue weighted by molar-refractivity contribution is -0.115. The first-order chi connectivity index (χ1) is 12.0. The number of anilines is 2. The minimum absolute atomic E-state index is 0.244. The molecule has 0 aromatic heterocycles. The Morgan fingerprint density at radius 2 is 1.92 bits per heavy atom. The van der Waals surface area contributed by atoms with Gasteiger partial charge in [0.15, 0.2) is 0 Å². The minimum atomic E-state index is -0.381. The fourth-order valence-corrected chi connectivity index (χ4v) is 3.08. The van der Waals surface area contributed by atoms with E-state index in [0.29, 0.717) is 17.1 Å². The van der Waals surface area contributed by atoms with Gasteiger partial charge in [0.2, 0.25) is 0 Å². The van der Waals surface area contributed by atoms with Crippen molar-refractivity contribution in [1.29, 1.82) is 0 Å². The van der Waals surface area contributed by atoms with Gasteiger partial charge >= 0.3 is 0 Å². The van der Waals surface area contributed by atoms with Gasteiger partial charge in [-0.3, -0.25) is 14.9 Å². The van der Waals surface area contributed by atoms with Crippen molar-refractivity contribution in [2.75, 3.05) is 17.6 Å². The van der Waals surface area contributed by atoms with Gasteiger partial charge in [0.1, 0.15) is 5.75 Å². The van der Waals surface area contributed by atoms with Crippen molar-refractivity contribution in [3.05, 3.63) is 58.5 Å². The summed E-state index contributed by atoms with van der Waals surface area (Å²) in [4.78, 5) is 23.2. The van der Waals surface area contributed by atoms with Crippen molar-refractivity contribution in [3.8, 4) is 5.75 Å². The summed E-state index contributed by atoms with van der Waals surface area (Å²) in [5.41, 5.74) is 9.24. The molecule has 0 saturated carbocycles. The number of phenolic OH excluding ortho intramolecular Hbond substituents is 1. The molecule has 25 heavy (non-hydrogen) atoms. The second-order valence-electron chi connectivity index (χ2n) is 5.54. The van der Waals surface area contributed by atoms with Crippen LogP contribution in [0, 0.1) is 0 Å². The van der Waals surface area contributed by atoms with Crippen molar-refractivity contribution >= 4 is 40.4 Å². The van der Waals surface area contributed by atoms with Gasteiger partial charge < -0.3 is 16.2 Å². The zero-order valence-corrected chi connectivity index (χ0v) is 14.1. The van der Waals surface area contributed by atoms with Gasteiger partial charge in [-0.05, 0) is 59.7 Å². The first kappa shape index (κ1) is 16.9. The highest BCUT2D eigenvalue weighted by molar-refractivity contribution is 8.18. The highest BCUT2D eigenvalue weighted by atomic mass is 32.2. The number of aromatic hydroxyl groups is 1. The normalized spacial score (nSPS) is 15.4. The maximum atomic E-state index is 11.6. The maximum absolute atomic E-state index is 11.6. The Hall–Kier alpha value is -2.93. The molecule has 0 aliphatic carbocycles. The number of imide groups is 1. The standard InChI is InChI=1S/C18H17N3O3S/c19-14-6-3-12(10-16-17(23)21-18(24)25-16)9-15(14)20-8-7-11-1-4-13(22)5-2-11/h1-6,9-10,20,22H,7-8,19H2,(H,21,23,24). The van der Waals surface area contributed by atoms with Crippen molar-refractivity contribution in [2.24, 2.45) is 0 Å². The summed E-state index contributed by atoms with van der Waals surface area (Å²) in [5.74, 6) is -0.136. The van der Waals surface area contributed by atoms with Crippen LogP contribution in [0.25, 0.3) is 6.08 Å². The fourth-order valence-electron chi connectivity index (χ4n) is 2.39. The average molecular weight is 355 g/mol. The van der Waals surface area contributed by atoms with Crippen molar-refractivity contribution in [1.82, 2.24) is 5.32 Å². The number of nitrogen functional groups attached to an aromatic ring is 1. The van der Waals surface area contributed by atoms with Crippen LogP contribution in [0.15, 0.2) is 47.4 Å². The summed E-state index contributed by atoms with van der Waals surface area (Å²) in [5, 5.41) is 14.4. The van der Waals surface area contributed by atoms with Crippen LogP contribution in [-0.2, 0) is 11.2 Å². The number of hydrogen-bond acceptors (Lipinski definition) is 6. The Morgan fingerprint density at radius 3 is 2.60 bits per heavy atom. The molecule has 1 heterocycles. The Bertz CT molecular complexity index is 847. The first-order valence-corrected chi connectivity index (χ1v) is 8.49. The van der Waals surface area contributed by atoms with Gasteiger partial charge in [-0.2, -0.15) is 0 Å². The number of hydrogen-bond donors (Lipinski definition) is 4. The van der Waals surface area contributed by atoms with Crippen LogP contribution in [0.4, 0.5) is 16.2 Å². The molecule has 7 heteroatoms. The minimum Gasteiger partial charge on any atom is -0.508 e. The number of amides is 2. The molecule has 1 fully saturated rings. The van der Waals surface area contributed by atoms with Gasteiger partial charge in [0.25, 0.3) is 11.1 Å². The van der Waals surface area contributed by atoms with Crippen LogP contribution < -0.4 is 16.4 Å². The van der Waals surface area contributed by atoms with E-state index in [4.69, 9.17) is 5.73 Å². The number of carbonyl (C=O) groups is 2. The zero-order chi connectivity index (χ0) is 17.8. The molecule has 1 aliphatic heterocycles. The summed E-state index contributed by atoms with van der Waals surface area (Å²) in [7, 11) is 0. The van der Waals surface area contributed by atoms with E-state index < -0.39 is 0 Å². The molecule has 6 nitrogen and oxygen atoms in total. The number of thioether (sulfide) groups is 1. The van der Waals surface area contributed by atoms with E-state index in [0.717, 1.165) is 35.0 Å². The molecule has 2 aromatic rings. The largest absolute Gasteiger partial charge is 0.508 e. The van der Waals surface area contributed by atoms with Crippen molar-refractivity contribution in [2.45, 2.75) is 6.42 Å². The monoisotopic (exact) mass is 355 g/mol. The Morgan fingerprint density at radius 1 is 1.16 bits per heavy atom. The predicted molar refractivity (Wildman–Crippen MR) is 100 cm³/mol. The molecule has 0 atom stereocenters. The third-order valence-electron chi connectivity index (χ3n) is 3.68. The molecular weight excluding hydrogens is 338 g/mol. The SMILES string of the molecule is Nc1ccc(C=C2SC(=O)NC2=O)cc1NCCc1ccc(O)cc1. The van der Waals surface area contributed by atoms with E-state index in [9.17, 15) is 14.7 Å². The van der Waals surface area contributed by atoms with E-state index in [1.54, 1.807) is 30.3 Å². The molecule has 2 aromatic carbocycles. The second-order valence-corrected chi connectivity index (χ2v) is 6.56. The molecule has 0 radical (unpaired) electrons. The summed E-state index contributed by atoms with van der Waals surface area (Å²) >= 11 is 0.884. The van der Waals surface area contributed by atoms with Crippen LogP contribution in [0.1, 0.15) is 11.1 Å². The molecule has 2 amide bonds. The smallest absolute Gasteiger partial charge is 0.290 e. The molecule has 3 rings (SSSR count). The lowest BCUT2D eigenvalue weighted by atomic mass is 10.1. The summed E-state index contributed by atoms with van der Waals surface area (Å²) in [6, 6.07) is 12.4. The highest BCUT2D eigenvalue weighted by Crippen LogP contribution is 2.28. The van der Waals surface area contributed by atoms with Crippen molar-refractivity contribution in [3.63, 3.8) is 0 Å². The summed E-state index contributed by atoms with van der Waals surface area (Å²) in [6.07, 6.45) is 2.44. The molecule has 1 saturated heterocycles. The molecule has 1 aliphatic rings. The quantitative estimate of drug-likeness (QED) is 0.485. The number of nitrogens with two attached hydrogens (primary N) is 1. The predicted octanol–water partition coefficient (Wildman–Crippen LogP) is 2.95. The van der Waals surface area contributed by atoms with E-state index in [1.807, 2.05) is 18.2 Å². The maximum Gasteiger partial charge on any atom is 0.290 e. The number of benzene rings is 2. The van der Waals surface area contributed by atoms with Crippen LogP contribution in [-0.4, -0.2) is 22.8 Å². The van der Waals surface area contributed by atoms with E-state index in [1.165, 1.54) is 0 Å². The molecule has 0 bridgehead atoms. The van der Waals surface area contributed by atoms with Gasteiger partial charge in [-0.1, -0.05) is 18.2 Å². The van der Waals surface area contributed by atoms with E-state index >= 15 is 0 Å². The Kier molecular flexibility index (Phi) is 4.95. The highest BCUT2D eigenvalue weighted by Gasteiger charge is 2.24. The Labute approximate surface area is 149 Å². The third-order valence-corrected chi connectivity index (χ3v) is 4.49. The first-order valence-electron chi connectivity index (χ1n) is 7.67. The number of phenols is 1. The molecule has 128 valence electrons. The van der Waals surface area contributed by atoms with Crippen LogP contribution in [0.2, 0.25) is 0 Å². The number of rotatable bonds is 5. The topological polar surface area (TPSA) is 104 Å². The second kappa shape index (κ2) is 7.31. The van der Waals surface area contributed by atoms with E-state index in [2.05, 4.69) is 10.6 Å². The van der Waals surface area contributed by atoms with E-state index in [-0.39, 0.29) is 16.9 Å². The zero-order valence-electron chi connectivity index (χ0n) is 13.3. The number of carbonyl (C=O) groups excluding carboxylic acids is 2. The third kappa shape index (κ3) is 4.33. The van der Waals surface area contributed by atoms with Crippen molar-refractivity contribution < 1.29 is 14.7 Å². The summed E-state index contributed by atoms with van der Waals surface area (Å²) < 4.78 is 0. The molecule has 5 N–H and O–H groups in total. The van der Waals surface area contributed by atoms with Crippen LogP contribution in [0.5, 0.6) is 5.75 Å². The van der Waals surface area contributed by atoms with Gasteiger partial charge in [0, 0.05) is 6.54 Å². The van der Waals surface area contributed by atoms with Gasteiger partial charge in [-0.15, -0.1) is 0 Å². The Balaban J connectivity index is 1.67. The average Bonchev–Trinajstić information content (AvgIpc) is 2.89. The molecule has 0 unspecified atom stereocenters. The van der Waals surface area contributed by atoms with Crippen LogP contribution in [0.3, 0.4) is 0 Å². The van der Waals surface area contributed by atoms with Crippen LogP contribution >= 0.6 is 11.8 Å². The summed E-state index contributed by atoms with van der Waals surface area (Å²) in [6.45, 7) is 0.669. The van der Waals surface area contributed by atoms with Gasteiger partial charge in [-0.25, -0.2) is 0 Å².